The summed E-state index contributed by atoms with van der Waals surface area (Å²) in [4.78, 5) is 27.6. The third-order valence-corrected chi connectivity index (χ3v) is 4.82. The Hall–Kier alpha value is -2.37. The Balaban J connectivity index is 1.59. The molecule has 0 spiro atoms. The lowest BCUT2D eigenvalue weighted by molar-refractivity contribution is -0.117. The topological polar surface area (TPSA) is 52.7 Å². The van der Waals surface area contributed by atoms with E-state index in [0.717, 1.165) is 28.9 Å². The first-order valence-electron chi connectivity index (χ1n) is 8.57. The van der Waals surface area contributed by atoms with Gasteiger partial charge in [0, 0.05) is 36.4 Å². The molecule has 136 valence electrons. The van der Waals surface area contributed by atoms with Crippen LogP contribution in [-0.2, 0) is 22.6 Å². The number of benzene rings is 2. The zero-order chi connectivity index (χ0) is 18.7. The second kappa shape index (κ2) is 7.89. The Morgan fingerprint density at radius 3 is 2.73 bits per heavy atom. The summed E-state index contributed by atoms with van der Waals surface area (Å²) in [6, 6.07) is 13.3. The molecule has 0 saturated carbocycles. The summed E-state index contributed by atoms with van der Waals surface area (Å²) in [7, 11) is 1.89. The number of rotatable bonds is 5. The predicted octanol–water partition coefficient (Wildman–Crippen LogP) is 3.32. The van der Waals surface area contributed by atoms with Crippen LogP contribution < -0.4 is 10.2 Å². The van der Waals surface area contributed by atoms with E-state index in [-0.39, 0.29) is 18.4 Å². The molecule has 0 bridgehead atoms. The normalized spacial score (nSPS) is 13.0. The van der Waals surface area contributed by atoms with Crippen molar-refractivity contribution < 1.29 is 9.59 Å². The van der Waals surface area contributed by atoms with Crippen molar-refractivity contribution in [2.24, 2.45) is 0 Å². The highest BCUT2D eigenvalue weighted by molar-refractivity contribution is 6.31. The van der Waals surface area contributed by atoms with Crippen molar-refractivity contribution in [3.63, 3.8) is 0 Å². The molecule has 0 atom stereocenters. The van der Waals surface area contributed by atoms with E-state index < -0.39 is 0 Å². The van der Waals surface area contributed by atoms with E-state index >= 15 is 0 Å². The molecule has 0 aliphatic carbocycles. The second-order valence-corrected chi connectivity index (χ2v) is 6.98. The number of carbonyl (C=O) groups excluding carboxylic acids is 2. The Morgan fingerprint density at radius 2 is 2.00 bits per heavy atom. The van der Waals surface area contributed by atoms with Gasteiger partial charge in [0.05, 0.1) is 6.54 Å². The largest absolute Gasteiger partial charge is 0.325 e. The molecule has 0 radical (unpaired) electrons. The third-order valence-electron chi connectivity index (χ3n) is 4.45. The molecule has 6 heteroatoms. The minimum Gasteiger partial charge on any atom is -0.325 e. The fourth-order valence-corrected chi connectivity index (χ4v) is 3.42. The number of hydrogen-bond acceptors (Lipinski definition) is 3. The van der Waals surface area contributed by atoms with Crippen LogP contribution in [0.4, 0.5) is 11.4 Å². The molecule has 2 aromatic carbocycles. The summed E-state index contributed by atoms with van der Waals surface area (Å²) in [6.07, 6.45) is 0.811. The fourth-order valence-electron chi connectivity index (χ4n) is 3.23. The van der Waals surface area contributed by atoms with Crippen molar-refractivity contribution in [2.75, 3.05) is 30.4 Å². The summed E-state index contributed by atoms with van der Waals surface area (Å²) >= 11 is 6.17. The Bertz CT molecular complexity index is 838. The highest BCUT2D eigenvalue weighted by Gasteiger charge is 2.22. The zero-order valence-electron chi connectivity index (χ0n) is 15.0. The fraction of sp³-hybridized carbons (Fsp3) is 0.300. The molecule has 2 aromatic rings. The van der Waals surface area contributed by atoms with Crippen LogP contribution in [0.5, 0.6) is 0 Å². The van der Waals surface area contributed by atoms with Crippen molar-refractivity contribution in [1.29, 1.82) is 0 Å². The predicted molar refractivity (Wildman–Crippen MR) is 105 cm³/mol. The number of nitrogens with zero attached hydrogens (tertiary/aromatic N) is 2. The Kier molecular flexibility index (Phi) is 5.59. The zero-order valence-corrected chi connectivity index (χ0v) is 15.7. The summed E-state index contributed by atoms with van der Waals surface area (Å²) in [5.74, 6) is -0.0392. The number of anilines is 2. The molecule has 1 aliphatic rings. The summed E-state index contributed by atoms with van der Waals surface area (Å²) < 4.78 is 0. The molecule has 0 unspecified atom stereocenters. The van der Waals surface area contributed by atoms with Crippen LogP contribution in [0, 0.1) is 0 Å². The van der Waals surface area contributed by atoms with Crippen molar-refractivity contribution in [2.45, 2.75) is 19.9 Å². The Morgan fingerprint density at radius 1 is 1.23 bits per heavy atom. The standard InChI is InChI=1S/C20H22ClN3O2/c1-14(25)24-10-9-15-11-17(7-8-19(15)24)22-20(26)13-23(2)12-16-5-3-4-6-18(16)21/h3-8,11H,9-10,12-13H2,1-2H3,(H,22,26). The van der Waals surface area contributed by atoms with E-state index in [0.29, 0.717) is 18.1 Å². The van der Waals surface area contributed by atoms with Gasteiger partial charge >= 0.3 is 0 Å². The number of amides is 2. The molecular formula is C20H22ClN3O2. The molecule has 0 fully saturated rings. The van der Waals surface area contributed by atoms with Gasteiger partial charge in [-0.2, -0.15) is 0 Å². The molecule has 0 saturated heterocycles. The van der Waals surface area contributed by atoms with E-state index in [4.69, 9.17) is 11.6 Å². The quantitative estimate of drug-likeness (QED) is 0.877. The maximum Gasteiger partial charge on any atom is 0.238 e. The van der Waals surface area contributed by atoms with Crippen molar-refractivity contribution >= 4 is 34.8 Å². The van der Waals surface area contributed by atoms with Crippen molar-refractivity contribution in [1.82, 2.24) is 4.90 Å². The molecule has 1 N–H and O–H groups in total. The first-order chi connectivity index (χ1) is 12.4. The highest BCUT2D eigenvalue weighted by atomic mass is 35.5. The van der Waals surface area contributed by atoms with Gasteiger partial charge in [-0.05, 0) is 48.9 Å². The van der Waals surface area contributed by atoms with Gasteiger partial charge in [0.2, 0.25) is 11.8 Å². The highest BCUT2D eigenvalue weighted by Crippen LogP contribution is 2.30. The van der Waals surface area contributed by atoms with E-state index in [1.165, 1.54) is 0 Å². The number of hydrogen-bond donors (Lipinski definition) is 1. The van der Waals surface area contributed by atoms with Gasteiger partial charge in [-0.1, -0.05) is 29.8 Å². The van der Waals surface area contributed by atoms with Crippen LogP contribution in [0.3, 0.4) is 0 Å². The molecule has 2 amide bonds. The van der Waals surface area contributed by atoms with Gasteiger partial charge in [-0.3, -0.25) is 14.5 Å². The lowest BCUT2D eigenvalue weighted by Crippen LogP contribution is -2.30. The number of likely N-dealkylation sites (N-methyl/N-ethyl adjacent to an activating group) is 1. The average Bonchev–Trinajstić information content (AvgIpc) is 3.00. The molecular weight excluding hydrogens is 350 g/mol. The van der Waals surface area contributed by atoms with Gasteiger partial charge in [-0.15, -0.1) is 0 Å². The minimum absolute atomic E-state index is 0.0433. The summed E-state index contributed by atoms with van der Waals surface area (Å²) in [5, 5.41) is 3.63. The van der Waals surface area contributed by atoms with Gasteiger partial charge in [-0.25, -0.2) is 0 Å². The van der Waals surface area contributed by atoms with Crippen LogP contribution in [0.25, 0.3) is 0 Å². The van der Waals surface area contributed by atoms with Gasteiger partial charge in [0.15, 0.2) is 0 Å². The smallest absolute Gasteiger partial charge is 0.238 e. The van der Waals surface area contributed by atoms with E-state index in [1.54, 1.807) is 11.8 Å². The molecule has 1 heterocycles. The van der Waals surface area contributed by atoms with E-state index in [9.17, 15) is 9.59 Å². The van der Waals surface area contributed by atoms with Gasteiger partial charge in [0.1, 0.15) is 0 Å². The summed E-state index contributed by atoms with van der Waals surface area (Å²) in [6.45, 7) is 3.13. The van der Waals surface area contributed by atoms with Crippen LogP contribution in [0.15, 0.2) is 42.5 Å². The van der Waals surface area contributed by atoms with Gasteiger partial charge in [0.25, 0.3) is 0 Å². The minimum atomic E-state index is -0.0825. The van der Waals surface area contributed by atoms with Crippen LogP contribution in [0.1, 0.15) is 18.1 Å². The first-order valence-corrected chi connectivity index (χ1v) is 8.94. The SMILES string of the molecule is CC(=O)N1CCc2cc(NC(=O)CN(C)Cc3ccccc3Cl)ccc21. The van der Waals surface area contributed by atoms with Gasteiger partial charge < -0.3 is 10.2 Å². The van der Waals surface area contributed by atoms with Crippen molar-refractivity contribution in [3.8, 4) is 0 Å². The molecule has 0 aromatic heterocycles. The van der Waals surface area contributed by atoms with Crippen LogP contribution in [0.2, 0.25) is 5.02 Å². The van der Waals surface area contributed by atoms with Crippen LogP contribution in [-0.4, -0.2) is 36.9 Å². The number of carbonyl (C=O) groups is 2. The maximum absolute atomic E-state index is 12.3. The third kappa shape index (κ3) is 4.23. The number of fused-ring (bicyclic) bond motifs is 1. The summed E-state index contributed by atoms with van der Waals surface area (Å²) in [5.41, 5.74) is 3.77. The average molecular weight is 372 g/mol. The molecule has 26 heavy (non-hydrogen) atoms. The van der Waals surface area contributed by atoms with Crippen molar-refractivity contribution in [3.05, 3.63) is 58.6 Å². The maximum atomic E-state index is 12.3. The number of nitrogens with one attached hydrogen (secondary N) is 1. The monoisotopic (exact) mass is 371 g/mol. The molecule has 5 nitrogen and oxygen atoms in total. The molecule has 1 aliphatic heterocycles. The molecule has 3 rings (SSSR count). The lowest BCUT2D eigenvalue weighted by Gasteiger charge is -2.18. The lowest BCUT2D eigenvalue weighted by atomic mass is 10.1. The van der Waals surface area contributed by atoms with Crippen LogP contribution >= 0.6 is 11.6 Å². The Labute approximate surface area is 158 Å². The number of halogens is 1. The van der Waals surface area contributed by atoms with E-state index in [1.807, 2.05) is 54.4 Å². The van der Waals surface area contributed by atoms with E-state index in [2.05, 4.69) is 5.32 Å². The second-order valence-electron chi connectivity index (χ2n) is 6.58. The first kappa shape index (κ1) is 18.4.